The van der Waals surface area contributed by atoms with E-state index >= 15 is 0 Å². The number of nitrogens with one attached hydrogen (secondary N) is 2. The van der Waals surface area contributed by atoms with Crippen LogP contribution in [0.4, 0.5) is 10.5 Å². The maximum atomic E-state index is 11.9. The number of hydrogen-bond donors (Lipinski definition) is 2. The number of hydrogen-bond acceptors (Lipinski definition) is 2. The number of anilines is 1. The molecule has 0 aliphatic heterocycles. The molecule has 0 saturated heterocycles. The first-order valence-electron chi connectivity index (χ1n) is 7.58. The van der Waals surface area contributed by atoms with E-state index in [0.29, 0.717) is 0 Å². The second-order valence-corrected chi connectivity index (χ2v) is 6.36. The molecule has 4 heteroatoms. The first-order chi connectivity index (χ1) is 10.3. The molecule has 2 aromatic rings. The number of aryl methyl sites for hydroxylation is 1. The topological polar surface area (TPSA) is 54.1 Å². The average molecular weight is 300 g/mol. The van der Waals surface area contributed by atoms with E-state index in [1.165, 1.54) is 11.1 Å². The monoisotopic (exact) mass is 300 g/mol. The summed E-state index contributed by atoms with van der Waals surface area (Å²) >= 11 is 0. The minimum atomic E-state index is -0.514. The number of H-pyrrole nitrogens is 1. The zero-order valence-electron chi connectivity index (χ0n) is 13.7. The van der Waals surface area contributed by atoms with E-state index in [1.54, 1.807) is 0 Å². The predicted octanol–water partition coefficient (Wildman–Crippen LogP) is 4.81. The molecular formula is C18H24N2O2. The smallest absolute Gasteiger partial charge is 0.412 e. The molecule has 0 unspecified atom stereocenters. The number of amides is 1. The van der Waals surface area contributed by atoms with Gasteiger partial charge in [-0.15, -0.1) is 6.58 Å². The summed E-state index contributed by atoms with van der Waals surface area (Å²) < 4.78 is 5.30. The molecule has 118 valence electrons. The molecule has 2 rings (SSSR count). The van der Waals surface area contributed by atoms with E-state index < -0.39 is 11.7 Å². The third-order valence-corrected chi connectivity index (χ3v) is 3.27. The lowest BCUT2D eigenvalue weighted by atomic mass is 10.1. The van der Waals surface area contributed by atoms with Crippen LogP contribution in [0, 0.1) is 0 Å². The van der Waals surface area contributed by atoms with E-state index in [4.69, 9.17) is 4.74 Å². The molecule has 0 radical (unpaired) electrons. The lowest BCUT2D eigenvalue weighted by Crippen LogP contribution is -2.27. The third-order valence-electron chi connectivity index (χ3n) is 3.27. The molecule has 0 aliphatic carbocycles. The Kier molecular flexibility index (Phi) is 4.59. The van der Waals surface area contributed by atoms with E-state index in [2.05, 4.69) is 29.9 Å². The van der Waals surface area contributed by atoms with Gasteiger partial charge >= 0.3 is 6.09 Å². The van der Waals surface area contributed by atoms with Gasteiger partial charge in [0.05, 0.1) is 0 Å². The van der Waals surface area contributed by atoms with Gasteiger partial charge in [0.1, 0.15) is 5.60 Å². The number of aromatic amines is 1. The first-order valence-corrected chi connectivity index (χ1v) is 7.58. The Morgan fingerprint density at radius 3 is 2.68 bits per heavy atom. The standard InChI is InChI=1S/C18H24N2O2/c1-6-8-12-9-14(20-17(21)22-18(3,4)5)11-16-15(12)10-13(7-2)19-16/h6,9-11,19H,1,7-8H2,2-5H3,(H,20,21). The number of fused-ring (bicyclic) bond motifs is 1. The summed E-state index contributed by atoms with van der Waals surface area (Å²) in [6.45, 7) is 11.4. The Hall–Kier alpha value is -2.23. The highest BCUT2D eigenvalue weighted by Crippen LogP contribution is 2.26. The summed E-state index contributed by atoms with van der Waals surface area (Å²) in [7, 11) is 0. The fourth-order valence-electron chi connectivity index (χ4n) is 2.38. The van der Waals surface area contributed by atoms with Crippen molar-refractivity contribution in [3.05, 3.63) is 42.1 Å². The number of carbonyl (C=O) groups is 1. The van der Waals surface area contributed by atoms with Crippen molar-refractivity contribution in [2.45, 2.75) is 46.1 Å². The maximum Gasteiger partial charge on any atom is 0.412 e. The fourth-order valence-corrected chi connectivity index (χ4v) is 2.38. The number of ether oxygens (including phenoxy) is 1. The van der Waals surface area contributed by atoms with Crippen LogP contribution in [0.3, 0.4) is 0 Å². The summed E-state index contributed by atoms with van der Waals surface area (Å²) in [5.41, 5.74) is 3.54. The van der Waals surface area contributed by atoms with Gasteiger partial charge in [0, 0.05) is 22.3 Å². The summed E-state index contributed by atoms with van der Waals surface area (Å²) in [6, 6.07) is 6.07. The van der Waals surface area contributed by atoms with Gasteiger partial charge in [0.2, 0.25) is 0 Å². The zero-order chi connectivity index (χ0) is 16.3. The minimum Gasteiger partial charge on any atom is -0.444 e. The molecule has 0 fully saturated rings. The van der Waals surface area contributed by atoms with Crippen LogP contribution < -0.4 is 5.32 Å². The Balaban J connectivity index is 2.34. The molecular weight excluding hydrogens is 276 g/mol. The lowest BCUT2D eigenvalue weighted by Gasteiger charge is -2.20. The van der Waals surface area contributed by atoms with Gasteiger partial charge in [0.25, 0.3) is 0 Å². The second kappa shape index (κ2) is 6.26. The number of carbonyl (C=O) groups excluding carboxylic acids is 1. The number of allylic oxidation sites excluding steroid dienone is 1. The molecule has 1 aromatic heterocycles. The number of benzene rings is 1. The SMILES string of the molecule is C=CCc1cc(NC(=O)OC(C)(C)C)cc2[nH]c(CC)cc12. The van der Waals surface area contributed by atoms with Crippen molar-refractivity contribution in [2.24, 2.45) is 0 Å². The molecule has 2 N–H and O–H groups in total. The van der Waals surface area contributed by atoms with Gasteiger partial charge in [0.15, 0.2) is 0 Å². The van der Waals surface area contributed by atoms with Crippen LogP contribution in [0.5, 0.6) is 0 Å². The van der Waals surface area contributed by atoms with Crippen molar-refractivity contribution in [3.8, 4) is 0 Å². The van der Waals surface area contributed by atoms with Crippen LogP contribution in [-0.2, 0) is 17.6 Å². The van der Waals surface area contributed by atoms with Crippen molar-refractivity contribution in [2.75, 3.05) is 5.32 Å². The van der Waals surface area contributed by atoms with E-state index in [-0.39, 0.29) is 0 Å². The molecule has 0 atom stereocenters. The predicted molar refractivity (Wildman–Crippen MR) is 91.4 cm³/mol. The molecule has 4 nitrogen and oxygen atoms in total. The minimum absolute atomic E-state index is 0.446. The largest absolute Gasteiger partial charge is 0.444 e. The highest BCUT2D eigenvalue weighted by molar-refractivity contribution is 5.92. The van der Waals surface area contributed by atoms with Gasteiger partial charge in [-0.3, -0.25) is 5.32 Å². The summed E-state index contributed by atoms with van der Waals surface area (Å²) in [4.78, 5) is 15.3. The van der Waals surface area contributed by atoms with E-state index in [1.807, 2.05) is 39.0 Å². The zero-order valence-corrected chi connectivity index (χ0v) is 13.7. The molecule has 1 aromatic carbocycles. The molecule has 0 bridgehead atoms. The molecule has 0 aliphatic rings. The third kappa shape index (κ3) is 3.91. The molecule has 0 spiro atoms. The van der Waals surface area contributed by atoms with Gasteiger partial charge < -0.3 is 9.72 Å². The summed E-state index contributed by atoms with van der Waals surface area (Å²) in [6.07, 6.45) is 3.11. The Labute approximate surface area is 131 Å². The molecule has 1 amide bonds. The van der Waals surface area contributed by atoms with Gasteiger partial charge in [-0.1, -0.05) is 13.0 Å². The Bertz CT molecular complexity index is 693. The van der Waals surface area contributed by atoms with Gasteiger partial charge in [-0.2, -0.15) is 0 Å². The van der Waals surface area contributed by atoms with Crippen LogP contribution in [0.25, 0.3) is 10.9 Å². The Morgan fingerprint density at radius 2 is 2.09 bits per heavy atom. The van der Waals surface area contributed by atoms with Crippen LogP contribution in [0.15, 0.2) is 30.9 Å². The van der Waals surface area contributed by atoms with Crippen molar-refractivity contribution in [1.29, 1.82) is 0 Å². The maximum absolute atomic E-state index is 11.9. The van der Waals surface area contributed by atoms with Crippen LogP contribution in [0.2, 0.25) is 0 Å². The fraction of sp³-hybridized carbons (Fsp3) is 0.389. The molecule has 22 heavy (non-hydrogen) atoms. The van der Waals surface area contributed by atoms with Crippen LogP contribution in [-0.4, -0.2) is 16.7 Å². The average Bonchev–Trinajstić information content (AvgIpc) is 2.80. The van der Waals surface area contributed by atoms with Gasteiger partial charge in [-0.25, -0.2) is 4.79 Å². The highest BCUT2D eigenvalue weighted by Gasteiger charge is 2.17. The van der Waals surface area contributed by atoms with Crippen LogP contribution >= 0.6 is 0 Å². The molecule has 0 saturated carbocycles. The van der Waals surface area contributed by atoms with E-state index in [0.717, 1.165) is 29.6 Å². The van der Waals surface area contributed by atoms with Crippen molar-refractivity contribution in [1.82, 2.24) is 4.98 Å². The number of rotatable bonds is 4. The summed E-state index contributed by atoms with van der Waals surface area (Å²) in [5, 5.41) is 3.97. The lowest BCUT2D eigenvalue weighted by molar-refractivity contribution is 0.0636. The highest BCUT2D eigenvalue weighted by atomic mass is 16.6. The Morgan fingerprint density at radius 1 is 1.36 bits per heavy atom. The van der Waals surface area contributed by atoms with E-state index in [9.17, 15) is 4.79 Å². The first kappa shape index (κ1) is 16.1. The molecule has 1 heterocycles. The van der Waals surface area contributed by atoms with Crippen molar-refractivity contribution in [3.63, 3.8) is 0 Å². The quantitative estimate of drug-likeness (QED) is 0.796. The van der Waals surface area contributed by atoms with Crippen molar-refractivity contribution >= 4 is 22.7 Å². The van der Waals surface area contributed by atoms with Crippen molar-refractivity contribution < 1.29 is 9.53 Å². The van der Waals surface area contributed by atoms with Gasteiger partial charge in [-0.05, 0) is 57.4 Å². The summed E-state index contributed by atoms with van der Waals surface area (Å²) in [5.74, 6) is 0. The second-order valence-electron chi connectivity index (χ2n) is 6.36. The normalized spacial score (nSPS) is 11.5. The van der Waals surface area contributed by atoms with Crippen LogP contribution in [0.1, 0.15) is 39.0 Å². The number of aromatic nitrogens is 1.